The molecule has 0 bridgehead atoms. The number of nitrogens with zero attached hydrogens (tertiary/aromatic N) is 3. The standard InChI is InChI=1S/C17H16F7N5/c1-4-11(18)15(7-8-15)6-5-12-27-13(25-9(2)16(19,20)21)29-14(28-12)26-10(3)17(22,23)24/h1,9-11H,7-8H2,2-3H3,(H2,25,26,27,28,29)/t9-,10-,11?/m1/s1. The minimum atomic E-state index is -4.66. The highest BCUT2D eigenvalue weighted by Gasteiger charge is 2.48. The molecule has 1 aromatic rings. The lowest BCUT2D eigenvalue weighted by Gasteiger charge is -2.19. The molecule has 1 saturated carbocycles. The van der Waals surface area contributed by atoms with Crippen molar-refractivity contribution in [2.45, 2.75) is 57.3 Å². The van der Waals surface area contributed by atoms with Gasteiger partial charge in [-0.05, 0) is 32.6 Å². The summed E-state index contributed by atoms with van der Waals surface area (Å²) in [6, 6.07) is -4.19. The summed E-state index contributed by atoms with van der Waals surface area (Å²) < 4.78 is 90.3. The smallest absolute Gasteiger partial charge is 0.343 e. The first kappa shape index (κ1) is 22.5. The highest BCUT2D eigenvalue weighted by molar-refractivity contribution is 5.41. The second-order valence-corrected chi connectivity index (χ2v) is 6.56. The molecule has 0 amide bonds. The van der Waals surface area contributed by atoms with Gasteiger partial charge >= 0.3 is 12.4 Å². The van der Waals surface area contributed by atoms with Gasteiger partial charge in [-0.15, -0.1) is 6.42 Å². The molecule has 1 unspecified atom stereocenters. The van der Waals surface area contributed by atoms with Crippen molar-refractivity contribution in [2.24, 2.45) is 5.41 Å². The Kier molecular flexibility index (Phi) is 6.16. The normalized spacial score (nSPS) is 18.5. The molecular weight excluding hydrogens is 407 g/mol. The number of hydrogen-bond acceptors (Lipinski definition) is 5. The summed E-state index contributed by atoms with van der Waals surface area (Å²) in [4.78, 5) is 10.9. The van der Waals surface area contributed by atoms with Crippen LogP contribution in [0.4, 0.5) is 42.6 Å². The fourth-order valence-electron chi connectivity index (χ4n) is 2.03. The fraction of sp³-hybridized carbons (Fsp3) is 0.588. The minimum Gasteiger partial charge on any atom is -0.343 e. The van der Waals surface area contributed by atoms with Crippen LogP contribution in [-0.4, -0.2) is 45.6 Å². The molecule has 0 spiro atoms. The van der Waals surface area contributed by atoms with Crippen LogP contribution in [0.5, 0.6) is 0 Å². The first-order chi connectivity index (χ1) is 13.3. The van der Waals surface area contributed by atoms with Gasteiger partial charge in [0.15, 0.2) is 6.17 Å². The largest absolute Gasteiger partial charge is 0.408 e. The molecule has 0 radical (unpaired) electrons. The van der Waals surface area contributed by atoms with Crippen LogP contribution in [0.3, 0.4) is 0 Å². The van der Waals surface area contributed by atoms with Gasteiger partial charge in [0.1, 0.15) is 12.1 Å². The number of hydrogen-bond donors (Lipinski definition) is 2. The summed E-state index contributed by atoms with van der Waals surface area (Å²) >= 11 is 0. The van der Waals surface area contributed by atoms with Crippen molar-refractivity contribution >= 4 is 11.9 Å². The Bertz CT molecular complexity index is 803. The van der Waals surface area contributed by atoms with Crippen LogP contribution < -0.4 is 10.6 Å². The number of rotatable bonds is 5. The van der Waals surface area contributed by atoms with Crippen LogP contribution in [0.2, 0.25) is 0 Å². The maximum absolute atomic E-state index is 13.8. The summed E-state index contributed by atoms with van der Waals surface area (Å²) in [6.07, 6.45) is -5.21. The quantitative estimate of drug-likeness (QED) is 0.559. The minimum absolute atomic E-state index is 0.364. The van der Waals surface area contributed by atoms with E-state index in [1.165, 1.54) is 0 Å². The molecule has 1 aromatic heterocycles. The lowest BCUT2D eigenvalue weighted by molar-refractivity contribution is -0.139. The zero-order valence-corrected chi connectivity index (χ0v) is 15.2. The van der Waals surface area contributed by atoms with E-state index < -0.39 is 53.7 Å². The van der Waals surface area contributed by atoms with Crippen molar-refractivity contribution in [3.05, 3.63) is 5.82 Å². The topological polar surface area (TPSA) is 62.7 Å². The molecule has 158 valence electrons. The lowest BCUT2D eigenvalue weighted by atomic mass is 10.0. The van der Waals surface area contributed by atoms with Crippen LogP contribution in [0.25, 0.3) is 0 Å². The molecule has 0 aromatic carbocycles. The van der Waals surface area contributed by atoms with Gasteiger partial charge in [0.2, 0.25) is 17.7 Å². The zero-order valence-electron chi connectivity index (χ0n) is 15.2. The Morgan fingerprint density at radius 1 is 0.931 bits per heavy atom. The van der Waals surface area contributed by atoms with Gasteiger partial charge in [-0.2, -0.15) is 41.3 Å². The van der Waals surface area contributed by atoms with Gasteiger partial charge in [0.05, 0.1) is 5.41 Å². The van der Waals surface area contributed by atoms with E-state index in [0.717, 1.165) is 13.8 Å². The van der Waals surface area contributed by atoms with E-state index in [0.29, 0.717) is 12.8 Å². The van der Waals surface area contributed by atoms with Crippen molar-refractivity contribution in [1.82, 2.24) is 15.0 Å². The molecule has 5 nitrogen and oxygen atoms in total. The van der Waals surface area contributed by atoms with E-state index in [1.807, 2.05) is 16.6 Å². The molecule has 0 aliphatic heterocycles. The van der Waals surface area contributed by atoms with E-state index in [4.69, 9.17) is 6.42 Å². The van der Waals surface area contributed by atoms with Crippen LogP contribution >= 0.6 is 0 Å². The summed E-state index contributed by atoms with van der Waals surface area (Å²) in [6.45, 7) is 1.56. The number of alkyl halides is 7. The first-order valence-corrected chi connectivity index (χ1v) is 8.33. The SMILES string of the molecule is C#CC(F)C1(C#Cc2nc(N[C@H](C)C(F)(F)F)nc(N[C@H](C)C(F)(F)F)n2)CC1. The Labute approximate surface area is 161 Å². The number of halogens is 7. The number of nitrogens with one attached hydrogen (secondary N) is 2. The Morgan fingerprint density at radius 3 is 1.72 bits per heavy atom. The molecule has 2 rings (SSSR count). The summed E-state index contributed by atoms with van der Waals surface area (Å²) in [5.74, 6) is 5.13. The Morgan fingerprint density at radius 2 is 1.38 bits per heavy atom. The monoisotopic (exact) mass is 423 g/mol. The zero-order chi connectivity index (χ0) is 22.0. The van der Waals surface area contributed by atoms with Gasteiger partial charge in [-0.3, -0.25) is 0 Å². The van der Waals surface area contributed by atoms with Crippen LogP contribution in [-0.2, 0) is 0 Å². The van der Waals surface area contributed by atoms with Crippen molar-refractivity contribution in [3.8, 4) is 24.2 Å². The van der Waals surface area contributed by atoms with Crippen molar-refractivity contribution in [3.63, 3.8) is 0 Å². The van der Waals surface area contributed by atoms with Gasteiger partial charge in [-0.1, -0.05) is 11.8 Å². The van der Waals surface area contributed by atoms with E-state index in [-0.39, 0.29) is 0 Å². The molecule has 1 heterocycles. The second-order valence-electron chi connectivity index (χ2n) is 6.56. The predicted octanol–water partition coefficient (Wildman–Crippen LogP) is 3.70. The molecule has 1 aliphatic rings. The van der Waals surface area contributed by atoms with E-state index in [2.05, 4.69) is 26.8 Å². The third-order valence-electron chi connectivity index (χ3n) is 4.15. The first-order valence-electron chi connectivity index (χ1n) is 8.33. The average Bonchev–Trinajstić information content (AvgIpc) is 3.38. The van der Waals surface area contributed by atoms with Crippen LogP contribution in [0.15, 0.2) is 0 Å². The number of anilines is 2. The van der Waals surface area contributed by atoms with Crippen LogP contribution in [0.1, 0.15) is 32.5 Å². The fourth-order valence-corrected chi connectivity index (χ4v) is 2.03. The van der Waals surface area contributed by atoms with E-state index in [9.17, 15) is 30.7 Å². The second kappa shape index (κ2) is 7.93. The molecule has 2 N–H and O–H groups in total. The van der Waals surface area contributed by atoms with E-state index >= 15 is 0 Å². The molecular formula is C17H16F7N5. The van der Waals surface area contributed by atoms with E-state index in [1.54, 1.807) is 0 Å². The molecule has 12 heteroatoms. The summed E-state index contributed by atoms with van der Waals surface area (Å²) in [7, 11) is 0. The highest BCUT2D eigenvalue weighted by atomic mass is 19.4. The van der Waals surface area contributed by atoms with Crippen molar-refractivity contribution < 1.29 is 30.7 Å². The maximum atomic E-state index is 13.8. The highest BCUT2D eigenvalue weighted by Crippen LogP contribution is 2.49. The molecule has 3 atom stereocenters. The van der Waals surface area contributed by atoms with Crippen molar-refractivity contribution in [2.75, 3.05) is 10.6 Å². The summed E-state index contributed by atoms with van der Waals surface area (Å²) in [5.41, 5.74) is -1.11. The van der Waals surface area contributed by atoms with Gasteiger partial charge < -0.3 is 10.6 Å². The van der Waals surface area contributed by atoms with Gasteiger partial charge in [-0.25, -0.2) is 4.39 Å². The maximum Gasteiger partial charge on any atom is 0.408 e. The molecule has 1 fully saturated rings. The van der Waals surface area contributed by atoms with Crippen LogP contribution in [0, 0.1) is 29.6 Å². The van der Waals surface area contributed by atoms with Crippen molar-refractivity contribution in [1.29, 1.82) is 0 Å². The Balaban J connectivity index is 2.36. The van der Waals surface area contributed by atoms with Gasteiger partial charge in [0, 0.05) is 0 Å². The molecule has 0 saturated heterocycles. The number of terminal acetylenes is 1. The third-order valence-corrected chi connectivity index (χ3v) is 4.15. The molecule has 29 heavy (non-hydrogen) atoms. The average molecular weight is 423 g/mol. The predicted molar refractivity (Wildman–Crippen MR) is 90.4 cm³/mol. The Hall–Kier alpha value is -2.76. The summed E-state index contributed by atoms with van der Waals surface area (Å²) in [5, 5.41) is 3.88. The van der Waals surface area contributed by atoms with Gasteiger partial charge in [0.25, 0.3) is 0 Å². The number of aromatic nitrogens is 3. The lowest BCUT2D eigenvalue weighted by Crippen LogP contribution is -2.35. The third kappa shape index (κ3) is 5.86. The molecule has 1 aliphatic carbocycles.